The molecule has 0 radical (unpaired) electrons. The summed E-state index contributed by atoms with van der Waals surface area (Å²) in [6.07, 6.45) is 0. The molecule has 2 aromatic carbocycles. The predicted molar refractivity (Wildman–Crippen MR) is 94.5 cm³/mol. The van der Waals surface area contributed by atoms with E-state index in [0.29, 0.717) is 32.0 Å². The third kappa shape index (κ3) is 4.00. The van der Waals surface area contributed by atoms with Crippen molar-refractivity contribution in [1.82, 2.24) is 4.90 Å². The molecule has 9 heteroatoms. The number of nitrogens with one attached hydrogen (secondary N) is 1. The molecule has 1 N–H and O–H groups in total. The summed E-state index contributed by atoms with van der Waals surface area (Å²) in [4.78, 5) is 2.07. The molecule has 3 rings (SSSR count). The maximum atomic E-state index is 13.9. The van der Waals surface area contributed by atoms with E-state index < -0.39 is 34.8 Å². The van der Waals surface area contributed by atoms with Crippen LogP contribution in [-0.2, 0) is 4.74 Å². The highest BCUT2D eigenvalue weighted by molar-refractivity contribution is 5.89. The second kappa shape index (κ2) is 8.66. The Morgan fingerprint density at radius 3 is 2.04 bits per heavy atom. The lowest BCUT2D eigenvalue weighted by Crippen LogP contribution is -2.41. The molecule has 0 bridgehead atoms. The Kier molecular flexibility index (Phi) is 6.25. The van der Waals surface area contributed by atoms with Crippen molar-refractivity contribution in [2.75, 3.05) is 31.7 Å². The standard InChI is InChI=1S/C19H18F5N3O/c1-11(25-26-18-16(23)14(21)13(20)15(22)17(18)24)19(12-5-3-2-4-6-12)27-7-9-28-10-8-27/h2-6,19,26H,7-10H2,1H3/b25-11-/t19-/m0/s1. The summed E-state index contributed by atoms with van der Waals surface area (Å²) in [7, 11) is 0. The van der Waals surface area contributed by atoms with Crippen LogP contribution in [0.5, 0.6) is 0 Å². The van der Waals surface area contributed by atoms with Gasteiger partial charge in [0.05, 0.1) is 25.0 Å². The monoisotopic (exact) mass is 399 g/mol. The molecule has 1 heterocycles. The van der Waals surface area contributed by atoms with E-state index in [1.54, 1.807) is 6.92 Å². The number of halogens is 5. The van der Waals surface area contributed by atoms with Gasteiger partial charge in [-0.1, -0.05) is 30.3 Å². The highest BCUT2D eigenvalue weighted by atomic mass is 19.2. The molecule has 0 unspecified atom stereocenters. The lowest BCUT2D eigenvalue weighted by atomic mass is 10.0. The number of anilines is 1. The molecule has 28 heavy (non-hydrogen) atoms. The van der Waals surface area contributed by atoms with Crippen LogP contribution in [0.15, 0.2) is 35.4 Å². The van der Waals surface area contributed by atoms with Crippen molar-refractivity contribution in [2.45, 2.75) is 13.0 Å². The van der Waals surface area contributed by atoms with Gasteiger partial charge in [0, 0.05) is 13.1 Å². The van der Waals surface area contributed by atoms with Crippen molar-refractivity contribution in [3.63, 3.8) is 0 Å². The van der Waals surface area contributed by atoms with Crippen molar-refractivity contribution in [3.05, 3.63) is 65.0 Å². The summed E-state index contributed by atoms with van der Waals surface area (Å²) in [5.41, 5.74) is 2.10. The van der Waals surface area contributed by atoms with Gasteiger partial charge in [-0.15, -0.1) is 0 Å². The maximum absolute atomic E-state index is 13.9. The number of hydrogen-bond acceptors (Lipinski definition) is 4. The number of rotatable bonds is 5. The molecule has 0 saturated carbocycles. The van der Waals surface area contributed by atoms with Gasteiger partial charge in [0.15, 0.2) is 23.3 Å². The maximum Gasteiger partial charge on any atom is 0.200 e. The lowest BCUT2D eigenvalue weighted by Gasteiger charge is -2.34. The van der Waals surface area contributed by atoms with Crippen molar-refractivity contribution in [1.29, 1.82) is 0 Å². The first-order valence-electron chi connectivity index (χ1n) is 8.60. The van der Waals surface area contributed by atoms with Crippen molar-refractivity contribution in [2.24, 2.45) is 5.10 Å². The Labute approximate surface area is 158 Å². The van der Waals surface area contributed by atoms with Gasteiger partial charge in [0.1, 0.15) is 5.69 Å². The van der Waals surface area contributed by atoms with Crippen LogP contribution in [-0.4, -0.2) is 36.9 Å². The van der Waals surface area contributed by atoms with Crippen LogP contribution in [0.1, 0.15) is 18.5 Å². The molecule has 0 aromatic heterocycles. The van der Waals surface area contributed by atoms with Crippen molar-refractivity contribution in [3.8, 4) is 0 Å². The van der Waals surface area contributed by atoms with E-state index in [0.717, 1.165) is 5.56 Å². The SMILES string of the molecule is C/C(=N/Nc1c(F)c(F)c(F)c(F)c1F)[C@@H](c1ccccc1)N1CCOCC1. The minimum absolute atomic E-state index is 0.348. The van der Waals surface area contributed by atoms with Gasteiger partial charge in [0.25, 0.3) is 0 Å². The van der Waals surface area contributed by atoms with Crippen LogP contribution in [0.2, 0.25) is 0 Å². The fourth-order valence-electron chi connectivity index (χ4n) is 3.10. The number of nitrogens with zero attached hydrogens (tertiary/aromatic N) is 2. The molecular formula is C19H18F5N3O. The molecule has 4 nitrogen and oxygen atoms in total. The Balaban J connectivity index is 1.93. The van der Waals surface area contributed by atoms with Gasteiger partial charge < -0.3 is 4.74 Å². The zero-order chi connectivity index (χ0) is 20.3. The third-order valence-corrected chi connectivity index (χ3v) is 4.48. The summed E-state index contributed by atoms with van der Waals surface area (Å²) in [6, 6.07) is 8.93. The fraction of sp³-hybridized carbons (Fsp3) is 0.316. The van der Waals surface area contributed by atoms with E-state index in [9.17, 15) is 22.0 Å². The Hall–Kier alpha value is -2.52. The summed E-state index contributed by atoms with van der Waals surface area (Å²) in [6.45, 7) is 3.86. The Bertz CT molecular complexity index is 841. The average Bonchev–Trinajstić information content (AvgIpc) is 2.72. The van der Waals surface area contributed by atoms with Crippen LogP contribution in [0.25, 0.3) is 0 Å². The second-order valence-electron chi connectivity index (χ2n) is 6.27. The number of hydrogen-bond donors (Lipinski definition) is 1. The van der Waals surface area contributed by atoms with Gasteiger partial charge in [-0.3, -0.25) is 10.3 Å². The zero-order valence-electron chi connectivity index (χ0n) is 15.0. The predicted octanol–water partition coefficient (Wildman–Crippen LogP) is 4.24. The normalized spacial score (nSPS) is 16.9. The molecule has 2 aromatic rings. The molecule has 1 atom stereocenters. The largest absolute Gasteiger partial charge is 0.379 e. The highest BCUT2D eigenvalue weighted by Gasteiger charge is 2.27. The lowest BCUT2D eigenvalue weighted by molar-refractivity contribution is 0.0286. The summed E-state index contributed by atoms with van der Waals surface area (Å²) in [5, 5.41) is 3.93. The van der Waals surface area contributed by atoms with Gasteiger partial charge in [-0.25, -0.2) is 22.0 Å². The van der Waals surface area contributed by atoms with E-state index in [2.05, 4.69) is 10.0 Å². The van der Waals surface area contributed by atoms with E-state index in [-0.39, 0.29) is 6.04 Å². The van der Waals surface area contributed by atoms with Crippen LogP contribution >= 0.6 is 0 Å². The molecular weight excluding hydrogens is 381 g/mol. The van der Waals surface area contributed by atoms with Crippen LogP contribution in [0, 0.1) is 29.1 Å². The van der Waals surface area contributed by atoms with Crippen LogP contribution in [0.3, 0.4) is 0 Å². The molecule has 1 aliphatic heterocycles. The number of benzene rings is 2. The summed E-state index contributed by atoms with van der Waals surface area (Å²) >= 11 is 0. The minimum Gasteiger partial charge on any atom is -0.379 e. The summed E-state index contributed by atoms with van der Waals surface area (Å²) < 4.78 is 73.0. The van der Waals surface area contributed by atoms with E-state index in [4.69, 9.17) is 4.74 Å². The second-order valence-corrected chi connectivity index (χ2v) is 6.27. The van der Waals surface area contributed by atoms with Gasteiger partial charge >= 0.3 is 0 Å². The zero-order valence-corrected chi connectivity index (χ0v) is 15.0. The minimum atomic E-state index is -2.21. The number of hydrazone groups is 1. The van der Waals surface area contributed by atoms with Crippen LogP contribution in [0.4, 0.5) is 27.6 Å². The van der Waals surface area contributed by atoms with Gasteiger partial charge in [-0.05, 0) is 12.5 Å². The van der Waals surface area contributed by atoms with Crippen molar-refractivity contribution < 1.29 is 26.7 Å². The average molecular weight is 399 g/mol. The molecule has 0 amide bonds. The third-order valence-electron chi connectivity index (χ3n) is 4.48. The highest BCUT2D eigenvalue weighted by Crippen LogP contribution is 2.28. The first kappa shape index (κ1) is 20.2. The molecule has 150 valence electrons. The van der Waals surface area contributed by atoms with E-state index in [1.807, 2.05) is 35.8 Å². The molecule has 1 fully saturated rings. The summed E-state index contributed by atoms with van der Waals surface area (Å²) in [5.74, 6) is -10.2. The smallest absolute Gasteiger partial charge is 0.200 e. The first-order chi connectivity index (χ1) is 13.4. The van der Waals surface area contributed by atoms with Gasteiger partial charge in [-0.2, -0.15) is 5.10 Å². The Morgan fingerprint density at radius 2 is 1.46 bits per heavy atom. The van der Waals surface area contributed by atoms with Gasteiger partial charge in [0.2, 0.25) is 5.82 Å². The van der Waals surface area contributed by atoms with E-state index in [1.165, 1.54) is 0 Å². The number of ether oxygens (including phenoxy) is 1. The number of morpholine rings is 1. The molecule has 0 spiro atoms. The molecule has 1 saturated heterocycles. The quantitative estimate of drug-likeness (QED) is 0.269. The molecule has 0 aliphatic carbocycles. The Morgan fingerprint density at radius 1 is 0.929 bits per heavy atom. The topological polar surface area (TPSA) is 36.9 Å². The molecule has 1 aliphatic rings. The first-order valence-corrected chi connectivity index (χ1v) is 8.60. The van der Waals surface area contributed by atoms with Crippen molar-refractivity contribution >= 4 is 11.4 Å². The van der Waals surface area contributed by atoms with E-state index >= 15 is 0 Å². The fourth-order valence-corrected chi connectivity index (χ4v) is 3.10. The van der Waals surface area contributed by atoms with Crippen LogP contribution < -0.4 is 5.43 Å².